The summed E-state index contributed by atoms with van der Waals surface area (Å²) in [5.74, 6) is 0.614. The number of nitrogens with zero attached hydrogens (tertiary/aromatic N) is 1. The van der Waals surface area contributed by atoms with Gasteiger partial charge in [0.1, 0.15) is 0 Å². The number of hydrogen-bond donors (Lipinski definition) is 2. The molecule has 136 valence electrons. The molecule has 0 aromatic heterocycles. The van der Waals surface area contributed by atoms with E-state index < -0.39 is 0 Å². The summed E-state index contributed by atoms with van der Waals surface area (Å²) in [6.45, 7) is 6.52. The van der Waals surface area contributed by atoms with Gasteiger partial charge in [0.25, 0.3) is 5.91 Å². The molecule has 0 atom stereocenters. The van der Waals surface area contributed by atoms with E-state index >= 15 is 0 Å². The fourth-order valence-electron chi connectivity index (χ4n) is 3.06. The van der Waals surface area contributed by atoms with E-state index in [1.165, 1.54) is 18.5 Å². The molecule has 0 radical (unpaired) electrons. The minimum absolute atomic E-state index is 0.207. The highest BCUT2D eigenvalue weighted by atomic mass is 32.1. The molecule has 0 saturated carbocycles. The van der Waals surface area contributed by atoms with Gasteiger partial charge < -0.3 is 10.2 Å². The summed E-state index contributed by atoms with van der Waals surface area (Å²) in [5, 5.41) is 6.09. The lowest BCUT2D eigenvalue weighted by Gasteiger charge is -2.32. The normalized spacial score (nSPS) is 14.8. The Morgan fingerprint density at radius 3 is 2.27 bits per heavy atom. The third kappa shape index (κ3) is 4.82. The van der Waals surface area contributed by atoms with E-state index in [0.717, 1.165) is 30.3 Å². The molecular weight excluding hydrogens is 342 g/mol. The van der Waals surface area contributed by atoms with Crippen molar-refractivity contribution in [1.82, 2.24) is 5.32 Å². The molecule has 5 heteroatoms. The quantitative estimate of drug-likeness (QED) is 0.791. The molecule has 1 aliphatic heterocycles. The molecule has 2 aromatic rings. The molecular formula is C21H25N3OS. The molecule has 2 N–H and O–H groups in total. The molecule has 4 nitrogen and oxygen atoms in total. The monoisotopic (exact) mass is 367 g/mol. The Kier molecular flexibility index (Phi) is 5.89. The van der Waals surface area contributed by atoms with E-state index in [-0.39, 0.29) is 5.91 Å². The SMILES string of the molecule is Cc1ccc(C(=O)NC(=S)Nc2ccc(N3CCC(C)CC3)cc2)cc1. The molecule has 1 saturated heterocycles. The minimum atomic E-state index is -0.207. The van der Waals surface area contributed by atoms with E-state index in [0.29, 0.717) is 10.7 Å². The van der Waals surface area contributed by atoms with Crippen molar-refractivity contribution in [3.63, 3.8) is 0 Å². The number of anilines is 2. The predicted molar refractivity (Wildman–Crippen MR) is 112 cm³/mol. The molecule has 1 fully saturated rings. The van der Waals surface area contributed by atoms with E-state index in [4.69, 9.17) is 12.2 Å². The van der Waals surface area contributed by atoms with Crippen LogP contribution in [0.1, 0.15) is 35.7 Å². The van der Waals surface area contributed by atoms with E-state index in [1.54, 1.807) is 12.1 Å². The van der Waals surface area contributed by atoms with Crippen LogP contribution < -0.4 is 15.5 Å². The van der Waals surface area contributed by atoms with Crippen molar-refractivity contribution in [1.29, 1.82) is 0 Å². The van der Waals surface area contributed by atoms with Gasteiger partial charge in [-0.25, -0.2) is 0 Å². The van der Waals surface area contributed by atoms with Crippen LogP contribution in [0.25, 0.3) is 0 Å². The number of amides is 1. The van der Waals surface area contributed by atoms with Crippen LogP contribution in [-0.4, -0.2) is 24.1 Å². The molecule has 1 amide bonds. The van der Waals surface area contributed by atoms with Gasteiger partial charge in [-0.2, -0.15) is 0 Å². The number of hydrogen-bond acceptors (Lipinski definition) is 3. The van der Waals surface area contributed by atoms with Crippen LogP contribution in [0.3, 0.4) is 0 Å². The number of aryl methyl sites for hydroxylation is 1. The van der Waals surface area contributed by atoms with Gasteiger partial charge >= 0.3 is 0 Å². The van der Waals surface area contributed by atoms with Gasteiger partial charge in [-0.1, -0.05) is 24.6 Å². The standard InChI is InChI=1S/C21H25N3OS/c1-15-3-5-17(6-4-15)20(25)23-21(26)22-18-7-9-19(10-8-18)24-13-11-16(2)12-14-24/h3-10,16H,11-14H2,1-2H3,(H2,22,23,25,26). The van der Waals surface area contributed by atoms with Crippen molar-refractivity contribution in [2.45, 2.75) is 26.7 Å². The Balaban J connectivity index is 1.54. The lowest BCUT2D eigenvalue weighted by Crippen LogP contribution is -2.34. The van der Waals surface area contributed by atoms with E-state index in [2.05, 4.69) is 34.6 Å². The average Bonchev–Trinajstić information content (AvgIpc) is 2.63. The Hall–Kier alpha value is -2.40. The zero-order valence-electron chi connectivity index (χ0n) is 15.3. The molecule has 26 heavy (non-hydrogen) atoms. The smallest absolute Gasteiger partial charge is 0.257 e. The summed E-state index contributed by atoms with van der Waals surface area (Å²) in [6, 6.07) is 15.6. The number of thiocarbonyl (C=S) groups is 1. The molecule has 0 bridgehead atoms. The first kappa shape index (κ1) is 18.4. The second-order valence-electron chi connectivity index (χ2n) is 6.99. The summed E-state index contributed by atoms with van der Waals surface area (Å²) < 4.78 is 0. The van der Waals surface area contributed by atoms with Crippen LogP contribution in [0.15, 0.2) is 48.5 Å². The Morgan fingerprint density at radius 2 is 1.65 bits per heavy atom. The van der Waals surface area contributed by atoms with Crippen molar-refractivity contribution in [2.75, 3.05) is 23.3 Å². The number of piperidine rings is 1. The lowest BCUT2D eigenvalue weighted by atomic mass is 9.99. The second-order valence-corrected chi connectivity index (χ2v) is 7.40. The van der Waals surface area contributed by atoms with Crippen LogP contribution in [-0.2, 0) is 0 Å². The van der Waals surface area contributed by atoms with Crippen molar-refractivity contribution < 1.29 is 4.79 Å². The number of rotatable bonds is 3. The van der Waals surface area contributed by atoms with Crippen molar-refractivity contribution >= 4 is 34.6 Å². The molecule has 0 aliphatic carbocycles. The lowest BCUT2D eigenvalue weighted by molar-refractivity contribution is 0.0977. The maximum absolute atomic E-state index is 12.2. The van der Waals surface area contributed by atoms with Gasteiger partial charge in [-0.05, 0) is 74.3 Å². The topological polar surface area (TPSA) is 44.4 Å². The highest BCUT2D eigenvalue weighted by Crippen LogP contribution is 2.24. The van der Waals surface area contributed by atoms with Crippen LogP contribution in [0.4, 0.5) is 11.4 Å². The highest BCUT2D eigenvalue weighted by Gasteiger charge is 2.16. The highest BCUT2D eigenvalue weighted by molar-refractivity contribution is 7.80. The predicted octanol–water partition coefficient (Wildman–Crippen LogP) is 4.36. The second kappa shape index (κ2) is 8.32. The van der Waals surface area contributed by atoms with Crippen molar-refractivity contribution in [3.05, 3.63) is 59.7 Å². The number of benzene rings is 2. The number of carbonyl (C=O) groups is 1. The molecule has 1 aliphatic rings. The maximum atomic E-state index is 12.2. The van der Waals surface area contributed by atoms with E-state index in [1.807, 2.05) is 31.2 Å². The largest absolute Gasteiger partial charge is 0.372 e. The van der Waals surface area contributed by atoms with Gasteiger partial charge in [0.2, 0.25) is 0 Å². The number of nitrogens with one attached hydrogen (secondary N) is 2. The first-order valence-electron chi connectivity index (χ1n) is 9.05. The first-order valence-corrected chi connectivity index (χ1v) is 9.46. The van der Waals surface area contributed by atoms with E-state index in [9.17, 15) is 4.79 Å². The molecule has 3 rings (SSSR count). The van der Waals surface area contributed by atoms with Crippen LogP contribution in [0, 0.1) is 12.8 Å². The molecule has 2 aromatic carbocycles. The van der Waals surface area contributed by atoms with Crippen molar-refractivity contribution in [2.24, 2.45) is 5.92 Å². The Morgan fingerprint density at radius 1 is 1.04 bits per heavy atom. The first-order chi connectivity index (χ1) is 12.5. The average molecular weight is 368 g/mol. The fourth-order valence-corrected chi connectivity index (χ4v) is 3.28. The number of carbonyl (C=O) groups excluding carboxylic acids is 1. The molecule has 1 heterocycles. The van der Waals surface area contributed by atoms with Crippen LogP contribution in [0.2, 0.25) is 0 Å². The third-order valence-electron chi connectivity index (χ3n) is 4.81. The van der Waals surface area contributed by atoms with Gasteiger partial charge in [-0.3, -0.25) is 10.1 Å². The van der Waals surface area contributed by atoms with Gasteiger partial charge in [-0.15, -0.1) is 0 Å². The molecule has 0 unspecified atom stereocenters. The Bertz CT molecular complexity index is 763. The van der Waals surface area contributed by atoms with Crippen molar-refractivity contribution in [3.8, 4) is 0 Å². The summed E-state index contributed by atoms with van der Waals surface area (Å²) in [7, 11) is 0. The van der Waals surface area contributed by atoms with Crippen LogP contribution >= 0.6 is 12.2 Å². The third-order valence-corrected chi connectivity index (χ3v) is 5.02. The zero-order valence-corrected chi connectivity index (χ0v) is 16.1. The van der Waals surface area contributed by atoms with Gasteiger partial charge in [0.15, 0.2) is 5.11 Å². The van der Waals surface area contributed by atoms with Gasteiger partial charge in [0, 0.05) is 30.0 Å². The Labute approximate surface area is 160 Å². The maximum Gasteiger partial charge on any atom is 0.257 e. The minimum Gasteiger partial charge on any atom is -0.372 e. The van der Waals surface area contributed by atoms with Gasteiger partial charge in [0.05, 0.1) is 0 Å². The summed E-state index contributed by atoms with van der Waals surface area (Å²) in [6.07, 6.45) is 2.49. The summed E-state index contributed by atoms with van der Waals surface area (Å²) >= 11 is 5.26. The van der Waals surface area contributed by atoms with Crippen LogP contribution in [0.5, 0.6) is 0 Å². The zero-order chi connectivity index (χ0) is 18.5. The summed E-state index contributed by atoms with van der Waals surface area (Å²) in [4.78, 5) is 14.6. The molecule has 0 spiro atoms. The fraction of sp³-hybridized carbons (Fsp3) is 0.333. The summed E-state index contributed by atoms with van der Waals surface area (Å²) in [5.41, 5.74) is 3.81.